The molecule has 2 aliphatic rings. The number of carbonyl (C=O) groups is 1. The lowest BCUT2D eigenvalue weighted by atomic mass is 9.97. The fraction of sp³-hybridized carbons (Fsp3) is 0.545. The molecule has 164 valence electrons. The van der Waals surface area contributed by atoms with Crippen LogP contribution in [0.1, 0.15) is 53.5 Å². The van der Waals surface area contributed by atoms with Gasteiger partial charge in [0.2, 0.25) is 5.91 Å². The molecule has 1 aromatic heterocycles. The molecule has 3 heterocycles. The van der Waals surface area contributed by atoms with Crippen molar-refractivity contribution in [2.75, 3.05) is 19.6 Å². The third kappa shape index (κ3) is 4.25. The van der Waals surface area contributed by atoms with Gasteiger partial charge in [-0.2, -0.15) is 5.10 Å². The molecule has 0 saturated carbocycles. The normalized spacial score (nSPS) is 24.0. The SMILES string of the molecule is CCc1ccc(C2CNCCN2C(=O)C2CC(c3c(C)nn(C)c3C)NN2)cc1.Cl. The largest absolute Gasteiger partial charge is 0.332 e. The number of carbonyl (C=O) groups excluding carboxylic acids is 1. The van der Waals surface area contributed by atoms with E-state index in [1.807, 2.05) is 23.6 Å². The highest BCUT2D eigenvalue weighted by Gasteiger charge is 2.38. The van der Waals surface area contributed by atoms with Crippen LogP contribution in [0.25, 0.3) is 0 Å². The molecule has 3 unspecified atom stereocenters. The summed E-state index contributed by atoms with van der Waals surface area (Å²) >= 11 is 0. The fourth-order valence-electron chi connectivity index (χ4n) is 4.64. The Morgan fingerprint density at radius 1 is 1.20 bits per heavy atom. The lowest BCUT2D eigenvalue weighted by molar-refractivity contribution is -0.136. The first-order valence-corrected chi connectivity index (χ1v) is 10.6. The summed E-state index contributed by atoms with van der Waals surface area (Å²) < 4.78 is 1.91. The Bertz CT molecular complexity index is 880. The van der Waals surface area contributed by atoms with E-state index in [1.54, 1.807) is 0 Å². The van der Waals surface area contributed by atoms with Gasteiger partial charge in [-0.05, 0) is 37.8 Å². The second-order valence-electron chi connectivity index (χ2n) is 8.18. The quantitative estimate of drug-likeness (QED) is 0.690. The molecule has 30 heavy (non-hydrogen) atoms. The van der Waals surface area contributed by atoms with Gasteiger partial charge in [0, 0.05) is 37.9 Å². The topological polar surface area (TPSA) is 74.2 Å². The van der Waals surface area contributed by atoms with Gasteiger partial charge in [-0.25, -0.2) is 10.9 Å². The van der Waals surface area contributed by atoms with Crippen molar-refractivity contribution in [1.29, 1.82) is 0 Å². The van der Waals surface area contributed by atoms with Crippen molar-refractivity contribution < 1.29 is 4.79 Å². The van der Waals surface area contributed by atoms with E-state index in [1.165, 1.54) is 16.7 Å². The molecule has 1 amide bonds. The van der Waals surface area contributed by atoms with Crippen LogP contribution in [0.5, 0.6) is 0 Å². The molecule has 2 aromatic rings. The summed E-state index contributed by atoms with van der Waals surface area (Å²) in [6, 6.07) is 8.63. The number of nitrogens with zero attached hydrogens (tertiary/aromatic N) is 3. The third-order valence-electron chi connectivity index (χ3n) is 6.41. The smallest absolute Gasteiger partial charge is 0.241 e. The number of rotatable bonds is 4. The van der Waals surface area contributed by atoms with Crippen LogP contribution in [0, 0.1) is 13.8 Å². The zero-order valence-corrected chi connectivity index (χ0v) is 19.1. The minimum absolute atomic E-state index is 0. The van der Waals surface area contributed by atoms with Crippen LogP contribution in [0.3, 0.4) is 0 Å². The predicted octanol–water partition coefficient (Wildman–Crippen LogP) is 2.10. The van der Waals surface area contributed by atoms with Crippen LogP contribution >= 0.6 is 12.4 Å². The maximum atomic E-state index is 13.4. The predicted molar refractivity (Wildman–Crippen MR) is 120 cm³/mol. The first kappa shape index (κ1) is 22.7. The average Bonchev–Trinajstić information content (AvgIpc) is 3.32. The number of hydrogen-bond donors (Lipinski definition) is 3. The van der Waals surface area contributed by atoms with Gasteiger partial charge >= 0.3 is 0 Å². The summed E-state index contributed by atoms with van der Waals surface area (Å²) in [5.74, 6) is 0.172. The maximum absolute atomic E-state index is 13.4. The molecule has 1 aromatic carbocycles. The zero-order valence-electron chi connectivity index (χ0n) is 18.2. The van der Waals surface area contributed by atoms with Gasteiger partial charge in [0.25, 0.3) is 0 Å². The van der Waals surface area contributed by atoms with Gasteiger partial charge in [-0.1, -0.05) is 31.2 Å². The van der Waals surface area contributed by atoms with Crippen LogP contribution in [0.15, 0.2) is 24.3 Å². The Hall–Kier alpha value is -1.93. The van der Waals surface area contributed by atoms with Crippen LogP contribution in [0.2, 0.25) is 0 Å². The van der Waals surface area contributed by atoms with Crippen molar-refractivity contribution in [3.05, 3.63) is 52.3 Å². The van der Waals surface area contributed by atoms with Crippen molar-refractivity contribution in [3.63, 3.8) is 0 Å². The molecule has 3 atom stereocenters. The highest BCUT2D eigenvalue weighted by atomic mass is 35.5. The van der Waals surface area contributed by atoms with Crippen molar-refractivity contribution >= 4 is 18.3 Å². The summed E-state index contributed by atoms with van der Waals surface area (Å²) in [6.45, 7) is 8.63. The van der Waals surface area contributed by atoms with Crippen LogP contribution < -0.4 is 16.2 Å². The number of piperazine rings is 1. The Kier molecular flexibility index (Phi) is 7.18. The zero-order chi connectivity index (χ0) is 20.5. The number of benzene rings is 1. The summed E-state index contributed by atoms with van der Waals surface area (Å²) in [5, 5.41) is 7.97. The van der Waals surface area contributed by atoms with Crippen molar-refractivity contribution in [2.24, 2.45) is 7.05 Å². The second-order valence-corrected chi connectivity index (χ2v) is 8.18. The molecule has 4 rings (SSSR count). The number of amides is 1. The van der Waals surface area contributed by atoms with Crippen LogP contribution in [-0.2, 0) is 18.3 Å². The highest BCUT2D eigenvalue weighted by molar-refractivity contribution is 5.85. The van der Waals surface area contributed by atoms with E-state index in [0.29, 0.717) is 0 Å². The lowest BCUT2D eigenvalue weighted by Gasteiger charge is -2.38. The average molecular weight is 433 g/mol. The molecule has 2 fully saturated rings. The number of hydrazine groups is 1. The van der Waals surface area contributed by atoms with E-state index in [2.05, 4.69) is 59.4 Å². The Labute approximate surface area is 185 Å². The van der Waals surface area contributed by atoms with Crippen molar-refractivity contribution in [2.45, 2.75) is 51.7 Å². The van der Waals surface area contributed by atoms with E-state index < -0.39 is 0 Å². The summed E-state index contributed by atoms with van der Waals surface area (Å²) in [4.78, 5) is 15.5. The standard InChI is InChI=1S/C22H32N6O.ClH/c1-5-16-6-8-17(9-7-16)20-13-23-10-11-28(20)22(29)19-12-18(24-25-19)21-14(2)26-27(4)15(21)3;/h6-9,18-20,23-25H,5,10-13H2,1-4H3;1H. The molecule has 7 nitrogen and oxygen atoms in total. The first-order valence-electron chi connectivity index (χ1n) is 10.6. The van der Waals surface area contributed by atoms with Crippen molar-refractivity contribution in [1.82, 2.24) is 30.8 Å². The summed E-state index contributed by atoms with van der Waals surface area (Å²) in [7, 11) is 1.96. The molecule has 0 bridgehead atoms. The van der Waals surface area contributed by atoms with E-state index >= 15 is 0 Å². The van der Waals surface area contributed by atoms with Gasteiger partial charge in [-0.3, -0.25) is 9.48 Å². The Morgan fingerprint density at radius 3 is 2.57 bits per heavy atom. The van der Waals surface area contributed by atoms with E-state index in [0.717, 1.165) is 43.9 Å². The van der Waals surface area contributed by atoms with Gasteiger partial charge < -0.3 is 10.2 Å². The van der Waals surface area contributed by atoms with Gasteiger partial charge in [0.1, 0.15) is 6.04 Å². The first-order chi connectivity index (χ1) is 14.0. The second kappa shape index (κ2) is 9.47. The van der Waals surface area contributed by atoms with E-state index in [-0.39, 0.29) is 36.4 Å². The van der Waals surface area contributed by atoms with Crippen LogP contribution in [0.4, 0.5) is 0 Å². The highest BCUT2D eigenvalue weighted by Crippen LogP contribution is 2.30. The number of halogens is 1. The fourth-order valence-corrected chi connectivity index (χ4v) is 4.64. The van der Waals surface area contributed by atoms with Crippen LogP contribution in [-0.4, -0.2) is 46.3 Å². The summed E-state index contributed by atoms with van der Waals surface area (Å²) in [5.41, 5.74) is 12.5. The van der Waals surface area contributed by atoms with E-state index in [9.17, 15) is 4.79 Å². The van der Waals surface area contributed by atoms with Gasteiger partial charge in [0.15, 0.2) is 0 Å². The molecule has 3 N–H and O–H groups in total. The molecule has 0 aliphatic carbocycles. The number of aryl methyl sites for hydroxylation is 3. The number of hydrogen-bond acceptors (Lipinski definition) is 5. The van der Waals surface area contributed by atoms with Crippen molar-refractivity contribution in [3.8, 4) is 0 Å². The minimum Gasteiger partial charge on any atom is -0.332 e. The molecule has 2 saturated heterocycles. The molecule has 0 spiro atoms. The number of aromatic nitrogens is 2. The molecule has 8 heteroatoms. The molecular formula is C22H33ClN6O. The minimum atomic E-state index is -0.227. The maximum Gasteiger partial charge on any atom is 0.241 e. The Morgan fingerprint density at radius 2 is 1.93 bits per heavy atom. The third-order valence-corrected chi connectivity index (χ3v) is 6.41. The molecular weight excluding hydrogens is 400 g/mol. The lowest BCUT2D eigenvalue weighted by Crippen LogP contribution is -2.54. The van der Waals surface area contributed by atoms with E-state index in [4.69, 9.17) is 0 Å². The Balaban J connectivity index is 0.00000256. The van der Waals surface area contributed by atoms with Gasteiger partial charge in [0.05, 0.1) is 17.8 Å². The number of nitrogens with one attached hydrogen (secondary N) is 3. The monoisotopic (exact) mass is 432 g/mol. The molecule has 0 radical (unpaired) electrons. The molecule has 2 aliphatic heterocycles. The van der Waals surface area contributed by atoms with Gasteiger partial charge in [-0.15, -0.1) is 12.4 Å². The summed E-state index contributed by atoms with van der Waals surface area (Å²) in [6.07, 6.45) is 1.76.